The monoisotopic (exact) mass is 303 g/mol. The van der Waals surface area contributed by atoms with Crippen LogP contribution in [0.5, 0.6) is 0 Å². The van der Waals surface area contributed by atoms with E-state index in [1.54, 1.807) is 21.9 Å². The Bertz CT molecular complexity index is 545. The number of hydrogen-bond acceptors (Lipinski definition) is 3. The van der Waals surface area contributed by atoms with E-state index in [1.807, 2.05) is 0 Å². The van der Waals surface area contributed by atoms with E-state index in [-0.39, 0.29) is 18.0 Å². The summed E-state index contributed by atoms with van der Waals surface area (Å²) in [6.07, 6.45) is 8.70. The summed E-state index contributed by atoms with van der Waals surface area (Å²) in [4.78, 5) is 27.9. The summed E-state index contributed by atoms with van der Waals surface area (Å²) in [5.41, 5.74) is 0. The summed E-state index contributed by atoms with van der Waals surface area (Å²) < 4.78 is 5.13. The second-order valence-corrected chi connectivity index (χ2v) is 5.69. The van der Waals surface area contributed by atoms with Gasteiger partial charge in [0.15, 0.2) is 5.76 Å². The van der Waals surface area contributed by atoms with Crippen LogP contribution in [0.1, 0.15) is 29.8 Å². The highest BCUT2D eigenvalue weighted by Gasteiger charge is 2.26. The Balaban J connectivity index is 1.48. The van der Waals surface area contributed by atoms with E-state index < -0.39 is 0 Å². The zero-order chi connectivity index (χ0) is 15.4. The van der Waals surface area contributed by atoms with Gasteiger partial charge in [-0.3, -0.25) is 4.79 Å². The molecule has 1 aliphatic heterocycles. The van der Waals surface area contributed by atoms with Gasteiger partial charge < -0.3 is 19.5 Å². The number of nitrogens with zero attached hydrogens (tertiary/aromatic N) is 2. The molecule has 1 fully saturated rings. The maximum absolute atomic E-state index is 12.2. The molecule has 1 N–H and O–H groups in total. The van der Waals surface area contributed by atoms with Crippen LogP contribution in [0.3, 0.4) is 0 Å². The van der Waals surface area contributed by atoms with Gasteiger partial charge in [-0.1, -0.05) is 12.2 Å². The van der Waals surface area contributed by atoms with E-state index in [1.165, 1.54) is 6.26 Å². The van der Waals surface area contributed by atoms with Crippen LogP contribution in [0.15, 0.2) is 35.0 Å². The topological polar surface area (TPSA) is 65.8 Å². The van der Waals surface area contributed by atoms with E-state index in [2.05, 4.69) is 17.5 Å². The zero-order valence-electron chi connectivity index (χ0n) is 12.5. The van der Waals surface area contributed by atoms with Crippen LogP contribution in [0.25, 0.3) is 0 Å². The van der Waals surface area contributed by atoms with Gasteiger partial charge in [0.1, 0.15) is 0 Å². The molecule has 3 rings (SSSR count). The third-order valence-corrected chi connectivity index (χ3v) is 4.18. The number of nitrogens with one attached hydrogen (secondary N) is 1. The van der Waals surface area contributed by atoms with E-state index in [9.17, 15) is 9.59 Å². The average Bonchev–Trinajstić information content (AvgIpc) is 3.10. The third-order valence-electron chi connectivity index (χ3n) is 4.18. The first-order valence-corrected chi connectivity index (χ1v) is 7.77. The third kappa shape index (κ3) is 3.32. The molecule has 6 heteroatoms. The van der Waals surface area contributed by atoms with Crippen molar-refractivity contribution in [1.29, 1.82) is 0 Å². The second kappa shape index (κ2) is 6.68. The molecule has 0 saturated carbocycles. The molecule has 2 aliphatic rings. The van der Waals surface area contributed by atoms with Crippen LogP contribution in [0, 0.1) is 0 Å². The molecule has 1 atom stereocenters. The van der Waals surface area contributed by atoms with Crippen molar-refractivity contribution in [1.82, 2.24) is 15.1 Å². The summed E-state index contributed by atoms with van der Waals surface area (Å²) in [5.74, 6) is 0.245. The second-order valence-electron chi connectivity index (χ2n) is 5.69. The van der Waals surface area contributed by atoms with Gasteiger partial charge in [-0.2, -0.15) is 0 Å². The smallest absolute Gasteiger partial charge is 0.317 e. The SMILES string of the molecule is O=C(N[C@H]1CC=CCC1)N1CCN(C(=O)c2ccco2)CC1. The minimum Gasteiger partial charge on any atom is -0.459 e. The number of furan rings is 1. The standard InChI is InChI=1S/C16H21N3O3/c20-15(14-7-4-12-22-14)18-8-10-19(11-9-18)16(21)17-13-5-2-1-3-6-13/h1-2,4,7,12-13H,3,5-6,8-11H2,(H,17,21)/t13-/m0/s1. The number of urea groups is 1. The Morgan fingerprint density at radius 2 is 1.91 bits per heavy atom. The number of carbonyl (C=O) groups excluding carboxylic acids is 2. The molecule has 2 heterocycles. The molecule has 6 nitrogen and oxygen atoms in total. The van der Waals surface area contributed by atoms with E-state index >= 15 is 0 Å². The molecule has 0 radical (unpaired) electrons. The lowest BCUT2D eigenvalue weighted by molar-refractivity contribution is 0.0632. The van der Waals surface area contributed by atoms with Crippen molar-refractivity contribution in [2.45, 2.75) is 25.3 Å². The molecule has 0 bridgehead atoms. The molecule has 1 aromatic heterocycles. The lowest BCUT2D eigenvalue weighted by atomic mass is 10.0. The number of rotatable bonds is 2. The summed E-state index contributed by atoms with van der Waals surface area (Å²) in [7, 11) is 0. The van der Waals surface area contributed by atoms with Crippen LogP contribution < -0.4 is 5.32 Å². The number of carbonyl (C=O) groups is 2. The van der Waals surface area contributed by atoms with Gasteiger partial charge in [0.05, 0.1) is 6.26 Å². The first-order chi connectivity index (χ1) is 10.7. The fourth-order valence-corrected chi connectivity index (χ4v) is 2.86. The van der Waals surface area contributed by atoms with Crippen molar-refractivity contribution >= 4 is 11.9 Å². The quantitative estimate of drug-likeness (QED) is 0.848. The Morgan fingerprint density at radius 3 is 2.55 bits per heavy atom. The number of amides is 3. The van der Waals surface area contributed by atoms with E-state index in [0.717, 1.165) is 19.3 Å². The van der Waals surface area contributed by atoms with Crippen LogP contribution in [0.4, 0.5) is 4.79 Å². The van der Waals surface area contributed by atoms with Crippen LogP contribution in [-0.4, -0.2) is 54.0 Å². The fourth-order valence-electron chi connectivity index (χ4n) is 2.86. The van der Waals surface area contributed by atoms with Gasteiger partial charge in [-0.15, -0.1) is 0 Å². The first-order valence-electron chi connectivity index (χ1n) is 7.77. The lowest BCUT2D eigenvalue weighted by Gasteiger charge is -2.35. The van der Waals surface area contributed by atoms with Gasteiger partial charge in [0.2, 0.25) is 0 Å². The number of piperazine rings is 1. The van der Waals surface area contributed by atoms with Gasteiger partial charge in [0, 0.05) is 32.2 Å². The molecule has 3 amide bonds. The highest BCUT2D eigenvalue weighted by atomic mass is 16.3. The van der Waals surface area contributed by atoms with Crippen molar-refractivity contribution in [3.63, 3.8) is 0 Å². The Labute approximate surface area is 129 Å². The summed E-state index contributed by atoms with van der Waals surface area (Å²) in [5, 5.41) is 3.07. The summed E-state index contributed by atoms with van der Waals surface area (Å²) in [6, 6.07) is 3.58. The predicted molar refractivity (Wildman–Crippen MR) is 81.5 cm³/mol. The van der Waals surface area contributed by atoms with Crippen molar-refractivity contribution < 1.29 is 14.0 Å². The highest BCUT2D eigenvalue weighted by molar-refractivity contribution is 5.91. The minimum atomic E-state index is -0.109. The Kier molecular flexibility index (Phi) is 4.46. The van der Waals surface area contributed by atoms with Crippen molar-refractivity contribution in [2.24, 2.45) is 0 Å². The van der Waals surface area contributed by atoms with Crippen LogP contribution >= 0.6 is 0 Å². The molecular weight excluding hydrogens is 282 g/mol. The van der Waals surface area contributed by atoms with Gasteiger partial charge in [0.25, 0.3) is 5.91 Å². The highest BCUT2D eigenvalue weighted by Crippen LogP contribution is 2.12. The largest absolute Gasteiger partial charge is 0.459 e. The summed E-state index contributed by atoms with van der Waals surface area (Å²) >= 11 is 0. The average molecular weight is 303 g/mol. The minimum absolute atomic E-state index is 0.0228. The Morgan fingerprint density at radius 1 is 1.14 bits per heavy atom. The van der Waals surface area contributed by atoms with Gasteiger partial charge in [-0.25, -0.2) is 4.79 Å². The predicted octanol–water partition coefficient (Wildman–Crippen LogP) is 1.86. The number of hydrogen-bond donors (Lipinski definition) is 1. The molecule has 118 valence electrons. The summed E-state index contributed by atoms with van der Waals surface area (Å²) in [6.45, 7) is 2.19. The molecule has 1 saturated heterocycles. The molecular formula is C16H21N3O3. The van der Waals surface area contributed by atoms with Gasteiger partial charge in [-0.05, 0) is 31.4 Å². The van der Waals surface area contributed by atoms with Crippen LogP contribution in [0.2, 0.25) is 0 Å². The number of allylic oxidation sites excluding steroid dienone is 1. The molecule has 22 heavy (non-hydrogen) atoms. The zero-order valence-corrected chi connectivity index (χ0v) is 12.5. The maximum Gasteiger partial charge on any atom is 0.317 e. The maximum atomic E-state index is 12.2. The normalized spacial score (nSPS) is 21.7. The van der Waals surface area contributed by atoms with E-state index in [0.29, 0.717) is 31.9 Å². The van der Waals surface area contributed by atoms with E-state index in [4.69, 9.17) is 4.42 Å². The molecule has 1 aromatic rings. The molecule has 0 spiro atoms. The lowest BCUT2D eigenvalue weighted by Crippen LogP contribution is -2.54. The van der Waals surface area contributed by atoms with Crippen molar-refractivity contribution in [2.75, 3.05) is 26.2 Å². The Hall–Kier alpha value is -2.24. The molecule has 0 aromatic carbocycles. The fraction of sp³-hybridized carbons (Fsp3) is 0.500. The van der Waals surface area contributed by atoms with Crippen molar-refractivity contribution in [3.05, 3.63) is 36.3 Å². The molecule has 1 aliphatic carbocycles. The molecule has 0 unspecified atom stereocenters. The first kappa shape index (κ1) is 14.7. The van der Waals surface area contributed by atoms with Gasteiger partial charge >= 0.3 is 6.03 Å². The van der Waals surface area contributed by atoms with Crippen molar-refractivity contribution in [3.8, 4) is 0 Å². The van der Waals surface area contributed by atoms with Crippen LogP contribution in [-0.2, 0) is 0 Å².